The summed E-state index contributed by atoms with van der Waals surface area (Å²) in [5.41, 5.74) is 0.354. The Morgan fingerprint density at radius 2 is 1.96 bits per heavy atom. The first-order valence-electron chi connectivity index (χ1n) is 6.82. The van der Waals surface area contributed by atoms with Gasteiger partial charge in [-0.25, -0.2) is 0 Å². The van der Waals surface area contributed by atoms with Crippen molar-refractivity contribution in [3.8, 4) is 11.8 Å². The lowest BCUT2D eigenvalue weighted by Gasteiger charge is -2.18. The number of rotatable bonds is 4. The molecule has 0 aliphatic heterocycles. The molecule has 2 nitrogen and oxygen atoms in total. The molecule has 0 aliphatic rings. The Balaban J connectivity index is 2.35. The molecule has 2 aromatic carbocycles. The van der Waals surface area contributed by atoms with Crippen molar-refractivity contribution in [1.29, 1.82) is 5.26 Å². The third-order valence-electron chi connectivity index (χ3n) is 3.26. The second-order valence-electron chi connectivity index (χ2n) is 5.01. The lowest BCUT2D eigenvalue weighted by atomic mass is 10.1. The molecule has 0 saturated heterocycles. The maximum Gasteiger partial charge on any atom is 0.417 e. The van der Waals surface area contributed by atoms with E-state index in [1.807, 2.05) is 31.2 Å². The number of nitrogens with zero attached hydrogens (tertiary/aromatic N) is 1. The lowest BCUT2D eigenvalue weighted by molar-refractivity contribution is -0.137. The zero-order valence-electron chi connectivity index (χ0n) is 12.4. The fourth-order valence-electron chi connectivity index (χ4n) is 2.17. The molecule has 2 rings (SSSR count). The van der Waals surface area contributed by atoms with Gasteiger partial charge in [0, 0.05) is 0 Å². The molecule has 0 aliphatic carbocycles. The lowest BCUT2D eigenvalue weighted by Crippen LogP contribution is -2.10. The average Bonchev–Trinajstić information content (AvgIpc) is 2.51. The van der Waals surface area contributed by atoms with Crippen molar-refractivity contribution in [2.75, 3.05) is 0 Å². The topological polar surface area (TPSA) is 33.0 Å². The summed E-state index contributed by atoms with van der Waals surface area (Å²) in [5, 5.41) is 8.80. The molecule has 0 fully saturated rings. The summed E-state index contributed by atoms with van der Waals surface area (Å²) in [6, 6.07) is 12.3. The van der Waals surface area contributed by atoms with Crippen molar-refractivity contribution >= 4 is 0 Å². The van der Waals surface area contributed by atoms with E-state index in [2.05, 4.69) is 6.58 Å². The van der Waals surface area contributed by atoms with Gasteiger partial charge in [-0.1, -0.05) is 36.4 Å². The Kier molecular flexibility index (Phi) is 4.75. The molecule has 0 spiro atoms. The standard InChI is InChI=1S/C18H14F3NO/c1-3-17(13-6-4-5-12(2)9-13)23-15-8-7-14(11-22)16(10-15)18(19,20)21/h3-10,17H,1H2,2H3. The molecule has 0 heterocycles. The van der Waals surface area contributed by atoms with Gasteiger partial charge in [-0.3, -0.25) is 0 Å². The Morgan fingerprint density at radius 1 is 1.22 bits per heavy atom. The molecule has 5 heteroatoms. The molecule has 0 radical (unpaired) electrons. The molecule has 2 aromatic rings. The second kappa shape index (κ2) is 6.57. The van der Waals surface area contributed by atoms with Crippen molar-refractivity contribution in [3.05, 3.63) is 77.4 Å². The number of hydrogen-bond donors (Lipinski definition) is 0. The molecule has 0 aromatic heterocycles. The zero-order valence-corrected chi connectivity index (χ0v) is 12.4. The van der Waals surface area contributed by atoms with E-state index in [4.69, 9.17) is 10.00 Å². The van der Waals surface area contributed by atoms with Crippen LogP contribution in [0.2, 0.25) is 0 Å². The first kappa shape index (κ1) is 16.6. The summed E-state index contributed by atoms with van der Waals surface area (Å²) in [6.45, 7) is 5.58. The molecule has 1 unspecified atom stereocenters. The number of nitriles is 1. The third kappa shape index (κ3) is 3.92. The van der Waals surface area contributed by atoms with Crippen LogP contribution in [0.15, 0.2) is 55.1 Å². The molecule has 0 saturated carbocycles. The summed E-state index contributed by atoms with van der Waals surface area (Å²) >= 11 is 0. The molecule has 23 heavy (non-hydrogen) atoms. The monoisotopic (exact) mass is 317 g/mol. The van der Waals surface area contributed by atoms with Crippen LogP contribution in [-0.2, 0) is 6.18 Å². The third-order valence-corrected chi connectivity index (χ3v) is 3.26. The zero-order chi connectivity index (χ0) is 17.0. The molecular weight excluding hydrogens is 303 g/mol. The molecule has 0 amide bonds. The number of benzene rings is 2. The smallest absolute Gasteiger partial charge is 0.417 e. The number of halogens is 3. The fraction of sp³-hybridized carbons (Fsp3) is 0.167. The van der Waals surface area contributed by atoms with E-state index in [1.54, 1.807) is 6.07 Å². The molecular formula is C18H14F3NO. The fourth-order valence-corrected chi connectivity index (χ4v) is 2.17. The van der Waals surface area contributed by atoms with Crippen LogP contribution >= 0.6 is 0 Å². The van der Waals surface area contributed by atoms with E-state index >= 15 is 0 Å². The highest BCUT2D eigenvalue weighted by Crippen LogP contribution is 2.35. The number of hydrogen-bond acceptors (Lipinski definition) is 2. The van der Waals surface area contributed by atoms with Gasteiger partial charge in [0.1, 0.15) is 11.9 Å². The van der Waals surface area contributed by atoms with Crippen LogP contribution in [0, 0.1) is 18.3 Å². The highest BCUT2D eigenvalue weighted by atomic mass is 19.4. The summed E-state index contributed by atoms with van der Waals surface area (Å²) < 4.78 is 44.6. The maximum atomic E-state index is 13.0. The van der Waals surface area contributed by atoms with Crippen molar-refractivity contribution in [3.63, 3.8) is 0 Å². The number of ether oxygens (including phenoxy) is 1. The largest absolute Gasteiger partial charge is 0.482 e. The van der Waals surface area contributed by atoms with Crippen LogP contribution in [0.4, 0.5) is 13.2 Å². The normalized spacial score (nSPS) is 12.3. The van der Waals surface area contributed by atoms with E-state index in [-0.39, 0.29) is 5.75 Å². The highest BCUT2D eigenvalue weighted by Gasteiger charge is 2.34. The summed E-state index contributed by atoms with van der Waals surface area (Å²) in [5.74, 6) is 0.0303. The van der Waals surface area contributed by atoms with Crippen LogP contribution in [0.3, 0.4) is 0 Å². The van der Waals surface area contributed by atoms with Crippen LogP contribution in [0.5, 0.6) is 5.75 Å². The van der Waals surface area contributed by atoms with Gasteiger partial charge in [0.25, 0.3) is 0 Å². The highest BCUT2D eigenvalue weighted by molar-refractivity contribution is 5.44. The minimum Gasteiger partial charge on any atom is -0.482 e. The van der Waals surface area contributed by atoms with Crippen LogP contribution in [-0.4, -0.2) is 0 Å². The van der Waals surface area contributed by atoms with Gasteiger partial charge in [-0.15, -0.1) is 0 Å². The van der Waals surface area contributed by atoms with Gasteiger partial charge >= 0.3 is 6.18 Å². The number of alkyl halides is 3. The van der Waals surface area contributed by atoms with Crippen LogP contribution in [0.1, 0.15) is 28.4 Å². The second-order valence-corrected chi connectivity index (χ2v) is 5.01. The molecule has 0 bridgehead atoms. The Morgan fingerprint density at radius 3 is 2.52 bits per heavy atom. The Hall–Kier alpha value is -2.74. The van der Waals surface area contributed by atoms with Crippen molar-refractivity contribution < 1.29 is 17.9 Å². The summed E-state index contributed by atoms with van der Waals surface area (Å²) in [6.07, 6.45) is -3.68. The summed E-state index contributed by atoms with van der Waals surface area (Å²) in [4.78, 5) is 0. The van der Waals surface area contributed by atoms with Gasteiger partial charge in [0.15, 0.2) is 0 Å². The minimum atomic E-state index is -4.61. The van der Waals surface area contributed by atoms with Gasteiger partial charge in [-0.2, -0.15) is 18.4 Å². The van der Waals surface area contributed by atoms with Crippen molar-refractivity contribution in [1.82, 2.24) is 0 Å². The van der Waals surface area contributed by atoms with E-state index < -0.39 is 23.4 Å². The van der Waals surface area contributed by atoms with Crippen molar-refractivity contribution in [2.24, 2.45) is 0 Å². The predicted molar refractivity (Wildman–Crippen MR) is 80.9 cm³/mol. The number of aryl methyl sites for hydroxylation is 1. The summed E-state index contributed by atoms with van der Waals surface area (Å²) in [7, 11) is 0. The minimum absolute atomic E-state index is 0.0303. The first-order valence-corrected chi connectivity index (χ1v) is 6.82. The van der Waals surface area contributed by atoms with E-state index in [9.17, 15) is 13.2 Å². The Bertz CT molecular complexity index is 760. The van der Waals surface area contributed by atoms with Crippen LogP contribution in [0.25, 0.3) is 0 Å². The predicted octanol–water partition coefficient (Wildman–Crippen LogP) is 5.19. The SMILES string of the molecule is C=CC(Oc1ccc(C#N)c(C(F)(F)F)c1)c1cccc(C)c1. The first-order chi connectivity index (χ1) is 10.8. The van der Waals surface area contributed by atoms with Gasteiger partial charge < -0.3 is 4.74 Å². The van der Waals surface area contributed by atoms with Gasteiger partial charge in [0.2, 0.25) is 0 Å². The van der Waals surface area contributed by atoms with Gasteiger partial charge in [0.05, 0.1) is 17.2 Å². The molecule has 1 atom stereocenters. The average molecular weight is 317 g/mol. The van der Waals surface area contributed by atoms with E-state index in [0.717, 1.165) is 23.3 Å². The molecule has 118 valence electrons. The quantitative estimate of drug-likeness (QED) is 0.727. The van der Waals surface area contributed by atoms with E-state index in [1.165, 1.54) is 12.1 Å². The Labute approximate surface area is 132 Å². The van der Waals surface area contributed by atoms with E-state index in [0.29, 0.717) is 0 Å². The van der Waals surface area contributed by atoms with Crippen molar-refractivity contribution in [2.45, 2.75) is 19.2 Å². The van der Waals surface area contributed by atoms with Crippen LogP contribution < -0.4 is 4.74 Å². The van der Waals surface area contributed by atoms with Gasteiger partial charge in [-0.05, 0) is 36.8 Å². The maximum absolute atomic E-state index is 13.0. The molecule has 0 N–H and O–H groups in total.